The van der Waals surface area contributed by atoms with Crippen LogP contribution in [0.4, 0.5) is 0 Å². The molecule has 0 saturated carbocycles. The fourth-order valence-electron chi connectivity index (χ4n) is 2.94. The van der Waals surface area contributed by atoms with Crippen LogP contribution in [0.15, 0.2) is 48.5 Å². The summed E-state index contributed by atoms with van der Waals surface area (Å²) in [7, 11) is -3.43. The maximum atomic E-state index is 12.4. The molecule has 0 aromatic heterocycles. The molecule has 0 atom stereocenters. The van der Waals surface area contributed by atoms with Gasteiger partial charge in [-0.05, 0) is 48.5 Å². The van der Waals surface area contributed by atoms with Crippen LogP contribution >= 0.6 is 11.6 Å². The van der Waals surface area contributed by atoms with Crippen molar-refractivity contribution in [1.29, 1.82) is 0 Å². The van der Waals surface area contributed by atoms with Gasteiger partial charge in [0.05, 0.1) is 19.0 Å². The minimum absolute atomic E-state index is 0.00356. The van der Waals surface area contributed by atoms with Gasteiger partial charge in [0.25, 0.3) is 5.91 Å². The van der Waals surface area contributed by atoms with Crippen molar-refractivity contribution >= 4 is 33.3 Å². The minimum Gasteiger partial charge on any atom is -0.484 e. The van der Waals surface area contributed by atoms with E-state index in [1.165, 1.54) is 4.31 Å². The third-order valence-corrected chi connectivity index (χ3v) is 6.76. The Balaban J connectivity index is 1.43. The molecular formula is C21H23ClN2O6S. The molecule has 0 unspecified atom stereocenters. The lowest BCUT2D eigenvalue weighted by Crippen LogP contribution is -2.44. The standard InChI is InChI=1S/C21H23ClN2O6S/c22-18-5-1-16(2-6-18)21(26)17-3-7-19(8-4-17)30-15-20(25)23-9-14-31(27,28)24-10-12-29-13-11-24/h1-8H,9-15H2,(H,23,25). The smallest absolute Gasteiger partial charge is 0.257 e. The fraction of sp³-hybridized carbons (Fsp3) is 0.333. The Kier molecular flexibility index (Phi) is 8.03. The molecule has 2 aromatic carbocycles. The molecule has 31 heavy (non-hydrogen) atoms. The van der Waals surface area contributed by atoms with E-state index >= 15 is 0 Å². The second kappa shape index (κ2) is 10.7. The summed E-state index contributed by atoms with van der Waals surface area (Å²) in [6.07, 6.45) is 0. The number of rotatable bonds is 9. The SMILES string of the molecule is O=C(COc1ccc(C(=O)c2ccc(Cl)cc2)cc1)NCCS(=O)(=O)N1CCOCC1. The maximum Gasteiger partial charge on any atom is 0.257 e. The zero-order valence-corrected chi connectivity index (χ0v) is 18.3. The molecule has 10 heteroatoms. The molecule has 0 bridgehead atoms. The Morgan fingerprint density at radius 2 is 1.58 bits per heavy atom. The number of hydrogen-bond donors (Lipinski definition) is 1. The highest BCUT2D eigenvalue weighted by Crippen LogP contribution is 2.17. The Bertz CT molecular complexity index is 1000. The third kappa shape index (κ3) is 6.76. The van der Waals surface area contributed by atoms with Gasteiger partial charge < -0.3 is 14.8 Å². The number of nitrogens with one attached hydrogen (secondary N) is 1. The van der Waals surface area contributed by atoms with E-state index in [2.05, 4.69) is 5.32 Å². The first-order chi connectivity index (χ1) is 14.8. The van der Waals surface area contributed by atoms with E-state index < -0.39 is 15.9 Å². The third-order valence-electron chi connectivity index (χ3n) is 4.64. The van der Waals surface area contributed by atoms with Crippen LogP contribution in [0.2, 0.25) is 5.02 Å². The number of carbonyl (C=O) groups is 2. The summed E-state index contributed by atoms with van der Waals surface area (Å²) in [6.45, 7) is 1.15. The zero-order chi connectivity index (χ0) is 22.3. The number of nitrogens with zero attached hydrogens (tertiary/aromatic N) is 1. The number of halogens is 1. The molecule has 8 nitrogen and oxygen atoms in total. The van der Waals surface area contributed by atoms with E-state index in [1.807, 2.05) is 0 Å². The molecule has 1 aliphatic rings. The molecule has 0 aliphatic carbocycles. The van der Waals surface area contributed by atoms with Crippen LogP contribution in [0.5, 0.6) is 5.75 Å². The first-order valence-corrected chi connectivity index (χ1v) is 11.7. The summed E-state index contributed by atoms with van der Waals surface area (Å²) in [5.74, 6) is -0.343. The van der Waals surface area contributed by atoms with Crippen molar-refractivity contribution in [2.75, 3.05) is 45.2 Å². The highest BCUT2D eigenvalue weighted by molar-refractivity contribution is 7.89. The van der Waals surface area contributed by atoms with Crippen molar-refractivity contribution in [1.82, 2.24) is 9.62 Å². The van der Waals surface area contributed by atoms with Gasteiger partial charge in [-0.25, -0.2) is 8.42 Å². The number of benzene rings is 2. The number of ether oxygens (including phenoxy) is 2. The number of ketones is 1. The first-order valence-electron chi connectivity index (χ1n) is 9.70. The zero-order valence-electron chi connectivity index (χ0n) is 16.8. The molecule has 0 spiro atoms. The van der Waals surface area contributed by atoms with Crippen LogP contribution in [0.3, 0.4) is 0 Å². The number of morpholine rings is 1. The van der Waals surface area contributed by atoms with Crippen molar-refractivity contribution in [2.45, 2.75) is 0 Å². The van der Waals surface area contributed by atoms with Crippen LogP contribution in [0, 0.1) is 0 Å². The molecule has 1 aliphatic heterocycles. The van der Waals surface area contributed by atoms with Gasteiger partial charge in [-0.2, -0.15) is 4.31 Å². The number of amides is 1. The van der Waals surface area contributed by atoms with E-state index in [4.69, 9.17) is 21.1 Å². The van der Waals surface area contributed by atoms with Gasteiger partial charge in [0.15, 0.2) is 12.4 Å². The van der Waals surface area contributed by atoms with Gasteiger partial charge in [0.2, 0.25) is 10.0 Å². The second-order valence-corrected chi connectivity index (χ2v) is 9.35. The molecule has 1 saturated heterocycles. The van der Waals surface area contributed by atoms with E-state index in [9.17, 15) is 18.0 Å². The highest BCUT2D eigenvalue weighted by Gasteiger charge is 2.23. The van der Waals surface area contributed by atoms with Gasteiger partial charge >= 0.3 is 0 Å². The molecule has 1 heterocycles. The first kappa shape index (κ1) is 23.2. The quantitative estimate of drug-likeness (QED) is 0.565. The second-order valence-electron chi connectivity index (χ2n) is 6.83. The molecule has 1 N–H and O–H groups in total. The summed E-state index contributed by atoms with van der Waals surface area (Å²) in [4.78, 5) is 24.4. The van der Waals surface area contributed by atoms with Crippen molar-refractivity contribution in [3.05, 3.63) is 64.7 Å². The fourth-order valence-corrected chi connectivity index (χ4v) is 4.39. The lowest BCUT2D eigenvalue weighted by Gasteiger charge is -2.26. The monoisotopic (exact) mass is 466 g/mol. The summed E-state index contributed by atoms with van der Waals surface area (Å²) >= 11 is 5.84. The van der Waals surface area contributed by atoms with Gasteiger partial charge in [0.1, 0.15) is 5.75 Å². The van der Waals surface area contributed by atoms with Crippen molar-refractivity contribution in [2.24, 2.45) is 0 Å². The van der Waals surface area contributed by atoms with Crippen LogP contribution < -0.4 is 10.1 Å². The predicted molar refractivity (Wildman–Crippen MR) is 116 cm³/mol. The average molecular weight is 467 g/mol. The van der Waals surface area contributed by atoms with Crippen molar-refractivity contribution in [3.8, 4) is 5.75 Å². The summed E-state index contributed by atoms with van der Waals surface area (Å²) in [5.41, 5.74) is 0.997. The topological polar surface area (TPSA) is 102 Å². The van der Waals surface area contributed by atoms with Gasteiger partial charge in [0, 0.05) is 35.8 Å². The Labute approximate surface area is 186 Å². The summed E-state index contributed by atoms with van der Waals surface area (Å²) in [6, 6.07) is 13.0. The lowest BCUT2D eigenvalue weighted by atomic mass is 10.0. The maximum absolute atomic E-state index is 12.4. The van der Waals surface area contributed by atoms with Crippen LogP contribution in [0.1, 0.15) is 15.9 Å². The molecule has 1 fully saturated rings. The summed E-state index contributed by atoms with van der Waals surface area (Å²) in [5, 5.41) is 3.09. The molecular weight excluding hydrogens is 444 g/mol. The average Bonchev–Trinajstić information content (AvgIpc) is 2.78. The summed E-state index contributed by atoms with van der Waals surface area (Å²) < 4.78 is 36.3. The van der Waals surface area contributed by atoms with Gasteiger partial charge in [-0.3, -0.25) is 9.59 Å². The van der Waals surface area contributed by atoms with Crippen molar-refractivity contribution in [3.63, 3.8) is 0 Å². The van der Waals surface area contributed by atoms with Crippen LogP contribution in [-0.4, -0.2) is 69.6 Å². The molecule has 166 valence electrons. The van der Waals surface area contributed by atoms with Crippen molar-refractivity contribution < 1.29 is 27.5 Å². The predicted octanol–water partition coefficient (Wildman–Crippen LogP) is 1.73. The molecule has 0 radical (unpaired) electrons. The largest absolute Gasteiger partial charge is 0.484 e. The Morgan fingerprint density at radius 1 is 1.00 bits per heavy atom. The van der Waals surface area contributed by atoms with E-state index in [0.717, 1.165) is 0 Å². The van der Waals surface area contributed by atoms with Gasteiger partial charge in [-0.1, -0.05) is 11.6 Å². The van der Waals surface area contributed by atoms with Gasteiger partial charge in [-0.15, -0.1) is 0 Å². The highest BCUT2D eigenvalue weighted by atomic mass is 35.5. The lowest BCUT2D eigenvalue weighted by molar-refractivity contribution is -0.122. The number of hydrogen-bond acceptors (Lipinski definition) is 6. The Morgan fingerprint density at radius 3 is 2.19 bits per heavy atom. The van der Waals surface area contributed by atoms with E-state index in [-0.39, 0.29) is 24.7 Å². The minimum atomic E-state index is -3.43. The number of sulfonamides is 1. The normalized spacial score (nSPS) is 14.7. The van der Waals surface area contributed by atoms with E-state index in [1.54, 1.807) is 48.5 Å². The van der Waals surface area contributed by atoms with E-state index in [0.29, 0.717) is 48.2 Å². The molecule has 2 aromatic rings. The molecule has 1 amide bonds. The van der Waals surface area contributed by atoms with Crippen LogP contribution in [0.25, 0.3) is 0 Å². The number of carbonyl (C=O) groups excluding carboxylic acids is 2. The van der Waals surface area contributed by atoms with Crippen LogP contribution in [-0.2, 0) is 19.6 Å². The Hall–Kier alpha value is -2.46. The molecule has 3 rings (SSSR count).